The lowest BCUT2D eigenvalue weighted by molar-refractivity contribution is 0.312. The maximum Gasteiger partial charge on any atom is 0.139 e. The zero-order valence-electron chi connectivity index (χ0n) is 20.1. The van der Waals surface area contributed by atoms with Crippen LogP contribution in [0.15, 0.2) is 47.8 Å². The summed E-state index contributed by atoms with van der Waals surface area (Å²) in [5, 5.41) is 19.3. The van der Waals surface area contributed by atoms with E-state index in [0.717, 1.165) is 72.8 Å². The Hall–Kier alpha value is -1.80. The number of aromatic nitrogens is 1. The summed E-state index contributed by atoms with van der Waals surface area (Å²) < 4.78 is 1.26. The first kappa shape index (κ1) is 28.8. The molecule has 0 unspecified atom stereocenters. The second kappa shape index (κ2) is 12.6. The number of hydrogen-bond donors (Lipinski definition) is 2. The van der Waals surface area contributed by atoms with Gasteiger partial charge in [-0.3, -0.25) is 9.80 Å². The number of nitrogens with one attached hydrogen (secondary N) is 1. The Labute approximate surface area is 235 Å². The molecule has 36 heavy (non-hydrogen) atoms. The molecule has 5 nitrogen and oxygen atoms in total. The van der Waals surface area contributed by atoms with Crippen molar-refractivity contribution in [3.8, 4) is 5.75 Å². The number of para-hydroxylation sites is 1. The standard InChI is InChI=1S/C27H30N4OS.3ClH/c32-25-19(17-30-10-3-4-11-30)15-21(16-20(25)18-31-12-5-6-13-31)28-27-23-9-14-33-26(23)22-7-1-2-8-24(22)29-27;;;/h1-2,7-9,14-16,32H,3-6,10-13,17-18H2,(H,28,29);3*1H. The minimum atomic E-state index is 0. The zero-order chi connectivity index (χ0) is 22.2. The number of likely N-dealkylation sites (tertiary alicyclic amines) is 2. The quantitative estimate of drug-likeness (QED) is 0.239. The Bertz CT molecular complexity index is 1260. The molecule has 0 bridgehead atoms. The Morgan fingerprint density at radius 2 is 1.39 bits per heavy atom. The third-order valence-electron chi connectivity index (χ3n) is 7.02. The van der Waals surface area contributed by atoms with Crippen LogP contribution in [-0.4, -0.2) is 46.1 Å². The van der Waals surface area contributed by atoms with Crippen LogP contribution in [0.1, 0.15) is 36.8 Å². The van der Waals surface area contributed by atoms with Crippen molar-refractivity contribution in [2.45, 2.75) is 38.8 Å². The van der Waals surface area contributed by atoms with Crippen molar-refractivity contribution < 1.29 is 5.11 Å². The van der Waals surface area contributed by atoms with Gasteiger partial charge >= 0.3 is 0 Å². The predicted molar refractivity (Wildman–Crippen MR) is 159 cm³/mol. The number of rotatable bonds is 6. The van der Waals surface area contributed by atoms with Gasteiger partial charge in [-0.2, -0.15) is 0 Å². The third kappa shape index (κ3) is 5.85. The van der Waals surface area contributed by atoms with Crippen LogP contribution in [0.3, 0.4) is 0 Å². The summed E-state index contributed by atoms with van der Waals surface area (Å²) in [6.45, 7) is 6.04. The summed E-state index contributed by atoms with van der Waals surface area (Å²) in [6.07, 6.45) is 4.99. The molecule has 0 radical (unpaired) electrons. The van der Waals surface area contributed by atoms with E-state index in [1.165, 1.54) is 35.8 Å². The number of benzene rings is 2. The van der Waals surface area contributed by atoms with Gasteiger partial charge in [0.25, 0.3) is 0 Å². The van der Waals surface area contributed by atoms with Crippen molar-refractivity contribution in [2.24, 2.45) is 0 Å². The molecule has 6 rings (SSSR count). The number of hydrogen-bond acceptors (Lipinski definition) is 6. The first-order valence-corrected chi connectivity index (χ1v) is 12.9. The number of halogens is 3. The van der Waals surface area contributed by atoms with Crippen LogP contribution < -0.4 is 5.32 Å². The average Bonchev–Trinajstić information content (AvgIpc) is 3.60. The fourth-order valence-corrected chi connectivity index (χ4v) is 6.25. The van der Waals surface area contributed by atoms with Gasteiger partial charge in [0, 0.05) is 45.4 Å². The average molecular weight is 568 g/mol. The highest BCUT2D eigenvalue weighted by Crippen LogP contribution is 2.37. The summed E-state index contributed by atoms with van der Waals surface area (Å²) in [5.41, 5.74) is 4.03. The van der Waals surface area contributed by atoms with Crippen LogP contribution in [0.2, 0.25) is 0 Å². The van der Waals surface area contributed by atoms with E-state index in [0.29, 0.717) is 5.75 Å². The molecule has 2 N–H and O–H groups in total. The van der Waals surface area contributed by atoms with Crippen molar-refractivity contribution >= 4 is 81.1 Å². The molecule has 0 spiro atoms. The highest BCUT2D eigenvalue weighted by molar-refractivity contribution is 7.18. The molecule has 4 aromatic rings. The smallest absolute Gasteiger partial charge is 0.139 e. The Morgan fingerprint density at radius 1 is 0.806 bits per heavy atom. The molecule has 2 aliphatic rings. The predicted octanol–water partition coefficient (Wildman–Crippen LogP) is 7.36. The number of phenols is 1. The fraction of sp³-hybridized carbons (Fsp3) is 0.370. The van der Waals surface area contributed by atoms with Gasteiger partial charge in [-0.25, -0.2) is 4.98 Å². The third-order valence-corrected chi connectivity index (χ3v) is 7.96. The van der Waals surface area contributed by atoms with E-state index in [1.54, 1.807) is 11.3 Å². The van der Waals surface area contributed by atoms with Crippen LogP contribution in [-0.2, 0) is 13.1 Å². The molecule has 2 aromatic heterocycles. The molecule has 2 aromatic carbocycles. The van der Waals surface area contributed by atoms with E-state index in [2.05, 4.69) is 56.9 Å². The molecule has 4 heterocycles. The van der Waals surface area contributed by atoms with Gasteiger partial charge in [0.2, 0.25) is 0 Å². The number of fused-ring (bicyclic) bond motifs is 3. The highest BCUT2D eigenvalue weighted by Gasteiger charge is 2.20. The number of pyridine rings is 1. The van der Waals surface area contributed by atoms with E-state index in [9.17, 15) is 5.11 Å². The minimum absolute atomic E-state index is 0. The van der Waals surface area contributed by atoms with Gasteiger partial charge in [-0.1, -0.05) is 18.2 Å². The van der Waals surface area contributed by atoms with E-state index in [1.807, 2.05) is 6.07 Å². The number of nitrogens with zero attached hydrogens (tertiary/aromatic N) is 3. The maximum atomic E-state index is 11.2. The van der Waals surface area contributed by atoms with Crippen molar-refractivity contribution in [3.05, 3.63) is 59.0 Å². The van der Waals surface area contributed by atoms with Gasteiger partial charge in [0.1, 0.15) is 11.6 Å². The van der Waals surface area contributed by atoms with E-state index in [-0.39, 0.29) is 37.2 Å². The molecule has 0 aliphatic carbocycles. The molecule has 0 saturated carbocycles. The Balaban J connectivity index is 0.00000120. The van der Waals surface area contributed by atoms with Crippen molar-refractivity contribution in [1.82, 2.24) is 14.8 Å². The van der Waals surface area contributed by atoms with Gasteiger partial charge in [-0.05, 0) is 81.5 Å². The van der Waals surface area contributed by atoms with E-state index >= 15 is 0 Å². The number of aromatic hydroxyl groups is 1. The molecule has 2 fully saturated rings. The van der Waals surface area contributed by atoms with Gasteiger partial charge < -0.3 is 10.4 Å². The summed E-state index contributed by atoms with van der Waals surface area (Å²) in [4.78, 5) is 9.87. The van der Waals surface area contributed by atoms with Crippen LogP contribution in [0.25, 0.3) is 21.0 Å². The monoisotopic (exact) mass is 566 g/mol. The summed E-state index contributed by atoms with van der Waals surface area (Å²) in [6, 6.07) is 14.7. The second-order valence-corrected chi connectivity index (χ2v) is 10.3. The molecule has 0 atom stereocenters. The normalized spacial score (nSPS) is 16.0. The van der Waals surface area contributed by atoms with Crippen molar-refractivity contribution in [1.29, 1.82) is 0 Å². The Kier molecular flexibility index (Phi) is 10.1. The molecular weight excluding hydrogens is 535 g/mol. The second-order valence-electron chi connectivity index (χ2n) is 9.38. The van der Waals surface area contributed by atoms with Crippen molar-refractivity contribution in [3.63, 3.8) is 0 Å². The molecule has 194 valence electrons. The lowest BCUT2D eigenvalue weighted by Crippen LogP contribution is -2.20. The molecule has 0 amide bonds. The first-order chi connectivity index (χ1) is 16.2. The van der Waals surface area contributed by atoms with E-state index in [4.69, 9.17) is 4.98 Å². The fourth-order valence-electron chi connectivity index (χ4n) is 5.32. The van der Waals surface area contributed by atoms with Crippen molar-refractivity contribution in [2.75, 3.05) is 31.5 Å². The molecule has 9 heteroatoms. The van der Waals surface area contributed by atoms with Crippen LogP contribution in [0, 0.1) is 0 Å². The molecule has 2 aliphatic heterocycles. The van der Waals surface area contributed by atoms with Gasteiger partial charge in [0.15, 0.2) is 0 Å². The van der Waals surface area contributed by atoms with Crippen LogP contribution in [0.4, 0.5) is 11.5 Å². The van der Waals surface area contributed by atoms with Crippen LogP contribution in [0.5, 0.6) is 5.75 Å². The topological polar surface area (TPSA) is 51.6 Å². The Morgan fingerprint density at radius 3 is 2.00 bits per heavy atom. The van der Waals surface area contributed by atoms with Crippen LogP contribution >= 0.6 is 48.6 Å². The number of anilines is 2. The summed E-state index contributed by atoms with van der Waals surface area (Å²) >= 11 is 1.76. The SMILES string of the molecule is Cl.Cl.Cl.Oc1c(CN2CCCC2)cc(Nc2nc3ccccc3c3sccc23)cc1CN1CCCC1. The number of phenolic OH excluding ortho intramolecular Hbond substituents is 1. The zero-order valence-corrected chi connectivity index (χ0v) is 23.4. The summed E-state index contributed by atoms with van der Waals surface area (Å²) in [7, 11) is 0. The minimum Gasteiger partial charge on any atom is -0.507 e. The lowest BCUT2D eigenvalue weighted by Gasteiger charge is -2.21. The first-order valence-electron chi connectivity index (χ1n) is 12.1. The summed E-state index contributed by atoms with van der Waals surface area (Å²) in [5.74, 6) is 1.35. The molecule has 2 saturated heterocycles. The highest BCUT2D eigenvalue weighted by atomic mass is 35.5. The lowest BCUT2D eigenvalue weighted by atomic mass is 10.1. The largest absolute Gasteiger partial charge is 0.507 e. The number of thiophene rings is 1. The van der Waals surface area contributed by atoms with E-state index < -0.39 is 0 Å². The van der Waals surface area contributed by atoms with Gasteiger partial charge in [-0.15, -0.1) is 48.6 Å². The molecular formula is C27H33Cl3N4OS. The maximum absolute atomic E-state index is 11.2. The van der Waals surface area contributed by atoms with Gasteiger partial charge in [0.05, 0.1) is 5.52 Å².